The molecular formula is C21H17ClF3N3O3S. The van der Waals surface area contributed by atoms with Crippen molar-refractivity contribution in [2.75, 3.05) is 12.9 Å². The van der Waals surface area contributed by atoms with E-state index in [9.17, 15) is 22.8 Å². The molecule has 168 valence electrons. The smallest absolute Gasteiger partial charge is 0.416 e. The van der Waals surface area contributed by atoms with Crippen LogP contribution >= 0.6 is 23.4 Å². The molecule has 0 saturated carbocycles. The molecule has 6 nitrogen and oxygen atoms in total. The fourth-order valence-corrected chi connectivity index (χ4v) is 3.64. The van der Waals surface area contributed by atoms with E-state index in [4.69, 9.17) is 16.3 Å². The average Bonchev–Trinajstić information content (AvgIpc) is 3.05. The van der Waals surface area contributed by atoms with Crippen LogP contribution in [0.25, 0.3) is 5.69 Å². The zero-order valence-electron chi connectivity index (χ0n) is 17.2. The second-order valence-electron chi connectivity index (χ2n) is 6.72. The maximum absolute atomic E-state index is 13.1. The van der Waals surface area contributed by atoms with Crippen molar-refractivity contribution in [2.45, 2.75) is 25.2 Å². The lowest BCUT2D eigenvalue weighted by atomic mass is 10.1. The molecule has 0 aliphatic heterocycles. The number of ether oxygens (including phenoxy) is 1. The first-order valence-electron chi connectivity index (χ1n) is 9.16. The molecule has 3 rings (SSSR count). The molecule has 0 spiro atoms. The number of alkyl halides is 3. The summed E-state index contributed by atoms with van der Waals surface area (Å²) in [5.41, 5.74) is 0.519. The highest BCUT2D eigenvalue weighted by Crippen LogP contribution is 2.31. The summed E-state index contributed by atoms with van der Waals surface area (Å²) in [6, 6.07) is 6.34. The van der Waals surface area contributed by atoms with E-state index in [1.165, 1.54) is 40.7 Å². The lowest BCUT2D eigenvalue weighted by Gasteiger charge is -2.13. The lowest BCUT2D eigenvalue weighted by Crippen LogP contribution is -2.16. The summed E-state index contributed by atoms with van der Waals surface area (Å²) >= 11 is 7.15. The van der Waals surface area contributed by atoms with Crippen molar-refractivity contribution < 1.29 is 27.5 Å². The topological polar surface area (TPSA) is 74.1 Å². The van der Waals surface area contributed by atoms with Gasteiger partial charge >= 0.3 is 12.1 Å². The lowest BCUT2D eigenvalue weighted by molar-refractivity contribution is -0.137. The molecule has 2 aromatic heterocycles. The third-order valence-electron chi connectivity index (χ3n) is 4.60. The summed E-state index contributed by atoms with van der Waals surface area (Å²) in [6.45, 7) is 2.69. The van der Waals surface area contributed by atoms with Crippen molar-refractivity contribution in [1.29, 1.82) is 0 Å². The van der Waals surface area contributed by atoms with E-state index in [-0.39, 0.29) is 22.0 Å². The number of carbonyl (C=O) groups excluding carboxylic acids is 2. The Morgan fingerprint density at radius 2 is 1.94 bits per heavy atom. The number of aryl methyl sites for hydroxylation is 1. The van der Waals surface area contributed by atoms with Gasteiger partial charge in [0, 0.05) is 22.6 Å². The van der Waals surface area contributed by atoms with Gasteiger partial charge in [0.2, 0.25) is 5.78 Å². The zero-order valence-corrected chi connectivity index (χ0v) is 18.7. The number of hydrogen-bond acceptors (Lipinski definition) is 6. The molecule has 0 aliphatic rings. The summed E-state index contributed by atoms with van der Waals surface area (Å²) < 4.78 is 45.8. The fourth-order valence-electron chi connectivity index (χ4n) is 3.13. The Morgan fingerprint density at radius 1 is 1.22 bits per heavy atom. The van der Waals surface area contributed by atoms with Crippen molar-refractivity contribution in [1.82, 2.24) is 14.5 Å². The van der Waals surface area contributed by atoms with Crippen LogP contribution in [0.15, 0.2) is 41.7 Å². The van der Waals surface area contributed by atoms with Crippen LogP contribution in [0.2, 0.25) is 5.02 Å². The second kappa shape index (κ2) is 9.33. The standard InChI is InChI=1S/C21H17ClF3N3O3S/c1-11-7-15(12(2)28(11)14-6-4-5-13(8-14)21(23,24)25)17(29)10-31-19(30)18-16(22)9-26-20(27-18)32-3/h4-9H,10H2,1-3H3. The Morgan fingerprint density at radius 3 is 2.59 bits per heavy atom. The first-order chi connectivity index (χ1) is 15.0. The molecule has 2 heterocycles. The minimum atomic E-state index is -4.49. The third kappa shape index (κ3) is 4.97. The van der Waals surface area contributed by atoms with Crippen LogP contribution in [-0.2, 0) is 10.9 Å². The van der Waals surface area contributed by atoms with Gasteiger partial charge in [-0.1, -0.05) is 29.4 Å². The molecule has 0 fully saturated rings. The maximum atomic E-state index is 13.1. The molecule has 0 saturated heterocycles. The van der Waals surface area contributed by atoms with Gasteiger partial charge in [-0.15, -0.1) is 0 Å². The molecule has 32 heavy (non-hydrogen) atoms. The maximum Gasteiger partial charge on any atom is 0.416 e. The number of hydrogen-bond donors (Lipinski definition) is 0. The molecule has 0 N–H and O–H groups in total. The van der Waals surface area contributed by atoms with Crippen LogP contribution < -0.4 is 0 Å². The summed E-state index contributed by atoms with van der Waals surface area (Å²) in [7, 11) is 0. The number of nitrogens with zero attached hydrogens (tertiary/aromatic N) is 3. The second-order valence-corrected chi connectivity index (χ2v) is 7.90. The number of thioether (sulfide) groups is 1. The van der Waals surface area contributed by atoms with E-state index >= 15 is 0 Å². The number of ketones is 1. The van der Waals surface area contributed by atoms with Crippen molar-refractivity contribution >= 4 is 35.1 Å². The van der Waals surface area contributed by atoms with Crippen LogP contribution in [0.4, 0.5) is 13.2 Å². The molecule has 0 amide bonds. The fraction of sp³-hybridized carbons (Fsp3) is 0.238. The zero-order chi connectivity index (χ0) is 23.6. The monoisotopic (exact) mass is 483 g/mol. The number of rotatable bonds is 6. The molecule has 11 heteroatoms. The van der Waals surface area contributed by atoms with Crippen LogP contribution in [0.1, 0.15) is 37.8 Å². The number of aromatic nitrogens is 3. The van der Waals surface area contributed by atoms with E-state index < -0.39 is 30.1 Å². The van der Waals surface area contributed by atoms with Crippen molar-refractivity contribution in [3.8, 4) is 5.69 Å². The van der Waals surface area contributed by atoms with Gasteiger partial charge in [-0.25, -0.2) is 14.8 Å². The predicted octanol–water partition coefficient (Wildman–Crippen LogP) is 5.32. The van der Waals surface area contributed by atoms with Crippen LogP contribution in [0.5, 0.6) is 0 Å². The highest BCUT2D eigenvalue weighted by Gasteiger charge is 2.31. The van der Waals surface area contributed by atoms with E-state index in [0.29, 0.717) is 16.5 Å². The van der Waals surface area contributed by atoms with Gasteiger partial charge in [0.25, 0.3) is 0 Å². The predicted molar refractivity (Wildman–Crippen MR) is 114 cm³/mol. The highest BCUT2D eigenvalue weighted by atomic mass is 35.5. The first-order valence-corrected chi connectivity index (χ1v) is 10.8. The van der Waals surface area contributed by atoms with Gasteiger partial charge in [-0.3, -0.25) is 4.79 Å². The number of carbonyl (C=O) groups is 2. The first kappa shape index (κ1) is 23.8. The highest BCUT2D eigenvalue weighted by molar-refractivity contribution is 7.98. The number of benzene rings is 1. The van der Waals surface area contributed by atoms with E-state index in [0.717, 1.165) is 12.1 Å². The summed E-state index contributed by atoms with van der Waals surface area (Å²) in [6.07, 6.45) is -1.50. The van der Waals surface area contributed by atoms with Gasteiger partial charge in [0.05, 0.1) is 16.8 Å². The van der Waals surface area contributed by atoms with Crippen LogP contribution in [0, 0.1) is 13.8 Å². The minimum Gasteiger partial charge on any atom is -0.453 e. The van der Waals surface area contributed by atoms with Gasteiger partial charge in [0.1, 0.15) is 0 Å². The van der Waals surface area contributed by atoms with Crippen molar-refractivity contribution in [3.63, 3.8) is 0 Å². The third-order valence-corrected chi connectivity index (χ3v) is 5.43. The number of esters is 1. The Hall–Kier alpha value is -2.85. The normalized spacial score (nSPS) is 11.5. The molecule has 0 radical (unpaired) electrons. The van der Waals surface area contributed by atoms with Crippen LogP contribution in [-0.4, -0.2) is 39.2 Å². The largest absolute Gasteiger partial charge is 0.453 e. The summed E-state index contributed by atoms with van der Waals surface area (Å²) in [4.78, 5) is 32.9. The van der Waals surface area contributed by atoms with Gasteiger partial charge in [0.15, 0.2) is 17.5 Å². The van der Waals surface area contributed by atoms with Gasteiger partial charge in [-0.2, -0.15) is 13.2 Å². The van der Waals surface area contributed by atoms with Gasteiger partial charge in [-0.05, 0) is 44.4 Å². The Labute approximate surface area is 190 Å². The minimum absolute atomic E-state index is 0.0111. The van der Waals surface area contributed by atoms with Gasteiger partial charge < -0.3 is 9.30 Å². The molecular weight excluding hydrogens is 467 g/mol. The Kier molecular flexibility index (Phi) is 6.94. The molecule has 1 aromatic carbocycles. The molecule has 0 atom stereocenters. The SMILES string of the molecule is CSc1ncc(Cl)c(C(=O)OCC(=O)c2cc(C)n(-c3cccc(C(F)(F)F)c3)c2C)n1. The molecule has 3 aromatic rings. The van der Waals surface area contributed by atoms with E-state index in [2.05, 4.69) is 9.97 Å². The molecule has 0 bridgehead atoms. The molecule has 0 unspecified atom stereocenters. The Bertz CT molecular complexity index is 1190. The van der Waals surface area contributed by atoms with Crippen LogP contribution in [0.3, 0.4) is 0 Å². The van der Waals surface area contributed by atoms with E-state index in [1.54, 1.807) is 20.1 Å². The Balaban J connectivity index is 1.82. The van der Waals surface area contributed by atoms with Crippen molar-refractivity contribution in [3.05, 3.63) is 69.8 Å². The summed E-state index contributed by atoms with van der Waals surface area (Å²) in [5.74, 6) is -1.40. The quantitative estimate of drug-likeness (QED) is 0.204. The van der Waals surface area contributed by atoms with Crippen molar-refractivity contribution in [2.24, 2.45) is 0 Å². The number of halogens is 4. The molecule has 0 aliphatic carbocycles. The summed E-state index contributed by atoms with van der Waals surface area (Å²) in [5, 5.41) is 0.306. The van der Waals surface area contributed by atoms with E-state index in [1.807, 2.05) is 0 Å². The average molecular weight is 484 g/mol. The number of Topliss-reactive ketones (excluding diaryl/α,β-unsaturated/α-hetero) is 1.